The van der Waals surface area contributed by atoms with Crippen molar-refractivity contribution in [3.05, 3.63) is 77.6 Å². The van der Waals surface area contributed by atoms with Gasteiger partial charge in [-0.05, 0) is 48.5 Å². The Morgan fingerprint density at radius 2 is 1.51 bits per heavy atom. The number of nitrogens with zero attached hydrogens (tertiary/aromatic N) is 4. The lowest BCUT2D eigenvalue weighted by Gasteiger charge is -2.35. The van der Waals surface area contributed by atoms with Crippen molar-refractivity contribution in [1.29, 1.82) is 0 Å². The number of amides is 3. The fourth-order valence-electron chi connectivity index (χ4n) is 3.60. The number of urea groups is 1. The van der Waals surface area contributed by atoms with Gasteiger partial charge in [-0.3, -0.25) is 10.1 Å². The fourth-order valence-corrected chi connectivity index (χ4v) is 3.60. The van der Waals surface area contributed by atoms with Crippen LogP contribution in [0.3, 0.4) is 0 Å². The van der Waals surface area contributed by atoms with Gasteiger partial charge in [-0.25, -0.2) is 9.18 Å². The molecule has 0 unspecified atom stereocenters. The monoisotopic (exact) mass is 488 g/mol. The number of anilines is 3. The lowest BCUT2D eigenvalue weighted by molar-refractivity contribution is -0.138. The van der Waals surface area contributed by atoms with Crippen molar-refractivity contribution in [2.75, 3.05) is 41.7 Å². The molecule has 8 nitrogen and oxygen atoms in total. The Bertz CT molecular complexity index is 1190. The van der Waals surface area contributed by atoms with E-state index in [9.17, 15) is 27.2 Å². The third kappa shape index (κ3) is 5.83. The number of halogens is 4. The van der Waals surface area contributed by atoms with Crippen LogP contribution in [0, 0.1) is 5.82 Å². The molecular formula is C23H20F4N6O2. The molecule has 12 heteroatoms. The predicted molar refractivity (Wildman–Crippen MR) is 121 cm³/mol. The summed E-state index contributed by atoms with van der Waals surface area (Å²) >= 11 is 0. The van der Waals surface area contributed by atoms with Gasteiger partial charge in [-0.15, -0.1) is 10.2 Å². The van der Waals surface area contributed by atoms with Gasteiger partial charge < -0.3 is 15.1 Å². The lowest BCUT2D eigenvalue weighted by Crippen LogP contribution is -2.49. The zero-order valence-electron chi connectivity index (χ0n) is 18.2. The summed E-state index contributed by atoms with van der Waals surface area (Å²) in [6.07, 6.45) is -4.62. The molecule has 35 heavy (non-hydrogen) atoms. The number of piperazine rings is 1. The molecule has 1 fully saturated rings. The third-order valence-corrected chi connectivity index (χ3v) is 5.35. The second-order valence-electron chi connectivity index (χ2n) is 7.69. The zero-order chi connectivity index (χ0) is 25.0. The van der Waals surface area contributed by atoms with Gasteiger partial charge in [0.25, 0.3) is 5.91 Å². The van der Waals surface area contributed by atoms with Gasteiger partial charge in [0.15, 0.2) is 11.6 Å². The number of nitrogens with one attached hydrogen (secondary N) is 2. The highest BCUT2D eigenvalue weighted by Gasteiger charge is 2.36. The highest BCUT2D eigenvalue weighted by atomic mass is 19.4. The van der Waals surface area contributed by atoms with E-state index in [0.717, 1.165) is 6.07 Å². The molecule has 182 valence electrons. The molecule has 0 atom stereocenters. The molecule has 0 radical (unpaired) electrons. The molecule has 0 bridgehead atoms. The fraction of sp³-hybridized carbons (Fsp3) is 0.217. The summed E-state index contributed by atoms with van der Waals surface area (Å²) < 4.78 is 52.7. The van der Waals surface area contributed by atoms with Gasteiger partial charge in [0.1, 0.15) is 5.82 Å². The smallest absolute Gasteiger partial charge is 0.352 e. The summed E-state index contributed by atoms with van der Waals surface area (Å²) in [7, 11) is 0. The first kappa shape index (κ1) is 23.9. The molecule has 0 spiro atoms. The Balaban J connectivity index is 1.32. The lowest BCUT2D eigenvalue weighted by atomic mass is 10.1. The van der Waals surface area contributed by atoms with Gasteiger partial charge in [0.2, 0.25) is 0 Å². The number of hydrogen-bond donors (Lipinski definition) is 2. The number of carbonyl (C=O) groups excluding carboxylic acids is 2. The van der Waals surface area contributed by atoms with Gasteiger partial charge in [0.05, 0.1) is 11.1 Å². The average molecular weight is 488 g/mol. The molecule has 0 aliphatic carbocycles. The van der Waals surface area contributed by atoms with Crippen molar-refractivity contribution in [1.82, 2.24) is 15.1 Å². The maximum absolute atomic E-state index is 13.3. The number of aromatic nitrogens is 2. The molecule has 3 aromatic rings. The Morgan fingerprint density at radius 1 is 0.829 bits per heavy atom. The summed E-state index contributed by atoms with van der Waals surface area (Å²) in [5.41, 5.74) is -0.925. The molecule has 1 aliphatic heterocycles. The van der Waals surface area contributed by atoms with Crippen LogP contribution in [-0.4, -0.2) is 53.2 Å². The molecule has 2 heterocycles. The van der Waals surface area contributed by atoms with Crippen LogP contribution in [0.1, 0.15) is 15.9 Å². The Hall–Kier alpha value is -4.22. The quantitative estimate of drug-likeness (QED) is 0.537. The Kier molecular flexibility index (Phi) is 6.80. The van der Waals surface area contributed by atoms with Crippen LogP contribution in [0.2, 0.25) is 0 Å². The number of alkyl halides is 3. The summed E-state index contributed by atoms with van der Waals surface area (Å²) in [6.45, 7) is 1.14. The topological polar surface area (TPSA) is 90.5 Å². The third-order valence-electron chi connectivity index (χ3n) is 5.35. The standard InChI is InChI=1S/C23H20F4N6O2/c24-15-5-7-16(8-6-15)28-22(35)29-19-9-10-20(31-30-19)32-11-13-33(14-12-32)21(34)17-3-1-2-4-18(17)23(25,26)27/h1-10H,11-14H2,(H2,28,29,30,35). The van der Waals surface area contributed by atoms with Crippen LogP contribution in [-0.2, 0) is 6.18 Å². The van der Waals surface area contributed by atoms with Crippen molar-refractivity contribution < 1.29 is 27.2 Å². The Morgan fingerprint density at radius 3 is 2.14 bits per heavy atom. The molecule has 2 aromatic carbocycles. The predicted octanol–water partition coefficient (Wildman–Crippen LogP) is 4.24. The maximum Gasteiger partial charge on any atom is 0.417 e. The van der Waals surface area contributed by atoms with E-state index in [-0.39, 0.29) is 24.5 Å². The van der Waals surface area contributed by atoms with E-state index in [0.29, 0.717) is 24.6 Å². The van der Waals surface area contributed by atoms with Gasteiger partial charge >= 0.3 is 12.2 Å². The van der Waals surface area contributed by atoms with E-state index in [4.69, 9.17) is 0 Å². The number of hydrogen-bond acceptors (Lipinski definition) is 5. The van der Waals surface area contributed by atoms with E-state index >= 15 is 0 Å². The van der Waals surface area contributed by atoms with E-state index in [1.165, 1.54) is 47.4 Å². The molecule has 4 rings (SSSR count). The summed E-state index contributed by atoms with van der Waals surface area (Å²) in [5, 5.41) is 13.1. The van der Waals surface area contributed by atoms with Crippen molar-refractivity contribution >= 4 is 29.3 Å². The number of benzene rings is 2. The van der Waals surface area contributed by atoms with Gasteiger partial charge in [-0.1, -0.05) is 12.1 Å². The number of rotatable bonds is 4. The second kappa shape index (κ2) is 9.95. The Labute approximate surface area is 197 Å². The number of carbonyl (C=O) groups is 2. The first-order valence-corrected chi connectivity index (χ1v) is 10.6. The van der Waals surface area contributed by atoms with Crippen LogP contribution < -0.4 is 15.5 Å². The van der Waals surface area contributed by atoms with Crippen molar-refractivity contribution in [2.45, 2.75) is 6.18 Å². The second-order valence-corrected chi connectivity index (χ2v) is 7.69. The molecular weight excluding hydrogens is 468 g/mol. The molecule has 1 aliphatic rings. The van der Waals surface area contributed by atoms with E-state index < -0.39 is 29.5 Å². The van der Waals surface area contributed by atoms with Crippen LogP contribution in [0.25, 0.3) is 0 Å². The van der Waals surface area contributed by atoms with Crippen LogP contribution in [0.4, 0.5) is 39.7 Å². The van der Waals surface area contributed by atoms with Crippen LogP contribution >= 0.6 is 0 Å². The highest BCUT2D eigenvalue weighted by Crippen LogP contribution is 2.32. The maximum atomic E-state index is 13.3. The summed E-state index contributed by atoms with van der Waals surface area (Å²) in [5.74, 6) is -0.410. The highest BCUT2D eigenvalue weighted by molar-refractivity contribution is 5.99. The van der Waals surface area contributed by atoms with E-state index in [1.54, 1.807) is 12.1 Å². The minimum atomic E-state index is -4.62. The van der Waals surface area contributed by atoms with Crippen molar-refractivity contribution in [3.8, 4) is 0 Å². The molecule has 1 aromatic heterocycles. The molecule has 0 saturated carbocycles. The normalized spacial score (nSPS) is 13.9. The van der Waals surface area contributed by atoms with E-state index in [2.05, 4.69) is 20.8 Å². The van der Waals surface area contributed by atoms with E-state index in [1.807, 2.05) is 4.90 Å². The molecule has 1 saturated heterocycles. The van der Waals surface area contributed by atoms with Crippen molar-refractivity contribution in [2.24, 2.45) is 0 Å². The minimum absolute atomic E-state index is 0.186. The first-order chi connectivity index (χ1) is 16.7. The summed E-state index contributed by atoms with van der Waals surface area (Å²) in [6, 6.07) is 12.6. The average Bonchev–Trinajstić information content (AvgIpc) is 2.85. The molecule has 3 amide bonds. The summed E-state index contributed by atoms with van der Waals surface area (Å²) in [4.78, 5) is 28.0. The SMILES string of the molecule is O=C(Nc1ccc(F)cc1)Nc1ccc(N2CCN(C(=O)c3ccccc3C(F)(F)F)CC2)nn1. The van der Waals surface area contributed by atoms with Crippen molar-refractivity contribution in [3.63, 3.8) is 0 Å². The molecule has 2 N–H and O–H groups in total. The van der Waals surface area contributed by atoms with Crippen LogP contribution in [0.15, 0.2) is 60.7 Å². The minimum Gasteiger partial charge on any atom is -0.352 e. The van der Waals surface area contributed by atoms with Gasteiger partial charge in [-0.2, -0.15) is 13.2 Å². The van der Waals surface area contributed by atoms with Crippen LogP contribution in [0.5, 0.6) is 0 Å². The first-order valence-electron chi connectivity index (χ1n) is 10.6. The largest absolute Gasteiger partial charge is 0.417 e. The zero-order valence-corrected chi connectivity index (χ0v) is 18.2. The van der Waals surface area contributed by atoms with Gasteiger partial charge in [0, 0.05) is 31.9 Å².